The molecular weight excluding hydrogens is 214 g/mol. The minimum absolute atomic E-state index is 0.565. The Morgan fingerprint density at radius 3 is 2.81 bits per heavy atom. The maximum absolute atomic E-state index is 3.64. The van der Waals surface area contributed by atoms with Crippen LogP contribution in [0.2, 0.25) is 0 Å². The lowest BCUT2D eigenvalue weighted by atomic mass is 9.96. The van der Waals surface area contributed by atoms with Gasteiger partial charge in [-0.05, 0) is 55.7 Å². The Morgan fingerprint density at radius 1 is 1.31 bits per heavy atom. The van der Waals surface area contributed by atoms with Crippen LogP contribution >= 0.6 is 11.8 Å². The SMILES string of the molecule is CCNC1CCCSc2c(C)ccc(C)c21. The van der Waals surface area contributed by atoms with Crippen molar-refractivity contribution in [3.63, 3.8) is 0 Å². The summed E-state index contributed by atoms with van der Waals surface area (Å²) >= 11 is 2.04. The first-order valence-electron chi connectivity index (χ1n) is 6.20. The number of nitrogens with one attached hydrogen (secondary N) is 1. The molecule has 1 nitrogen and oxygen atoms in total. The van der Waals surface area contributed by atoms with Gasteiger partial charge in [0.05, 0.1) is 0 Å². The van der Waals surface area contributed by atoms with E-state index in [-0.39, 0.29) is 0 Å². The van der Waals surface area contributed by atoms with Gasteiger partial charge in [0.15, 0.2) is 0 Å². The zero-order valence-electron chi connectivity index (χ0n) is 10.5. The third-order valence-electron chi connectivity index (χ3n) is 3.29. The second-order valence-corrected chi connectivity index (χ2v) is 5.65. The van der Waals surface area contributed by atoms with Crippen LogP contribution in [-0.2, 0) is 0 Å². The molecule has 0 aliphatic carbocycles. The molecule has 0 bridgehead atoms. The molecule has 0 saturated carbocycles. The van der Waals surface area contributed by atoms with Crippen LogP contribution in [0.25, 0.3) is 0 Å². The highest BCUT2D eigenvalue weighted by atomic mass is 32.2. The second-order valence-electron chi connectivity index (χ2n) is 4.54. The fourth-order valence-corrected chi connectivity index (χ4v) is 3.76. The van der Waals surface area contributed by atoms with E-state index in [9.17, 15) is 0 Å². The monoisotopic (exact) mass is 235 g/mol. The van der Waals surface area contributed by atoms with Gasteiger partial charge >= 0.3 is 0 Å². The summed E-state index contributed by atoms with van der Waals surface area (Å²) in [5.74, 6) is 1.26. The Balaban J connectivity index is 2.46. The number of thioether (sulfide) groups is 1. The number of fused-ring (bicyclic) bond motifs is 1. The van der Waals surface area contributed by atoms with Crippen molar-refractivity contribution in [1.82, 2.24) is 5.32 Å². The summed E-state index contributed by atoms with van der Waals surface area (Å²) in [5.41, 5.74) is 4.45. The van der Waals surface area contributed by atoms with Gasteiger partial charge in [0, 0.05) is 10.9 Å². The normalized spacial score (nSPS) is 20.3. The van der Waals surface area contributed by atoms with Crippen LogP contribution in [0.5, 0.6) is 0 Å². The Kier molecular flexibility index (Phi) is 3.93. The van der Waals surface area contributed by atoms with Crippen LogP contribution in [0.1, 0.15) is 42.5 Å². The standard InChI is InChI=1S/C14H21NS/c1-4-15-12-6-5-9-16-14-11(3)8-7-10(2)13(12)14/h7-8,12,15H,4-6,9H2,1-3H3. The summed E-state index contributed by atoms with van der Waals surface area (Å²) in [6, 6.07) is 5.09. The average molecular weight is 235 g/mol. The van der Waals surface area contributed by atoms with Gasteiger partial charge in [-0.2, -0.15) is 0 Å². The highest BCUT2D eigenvalue weighted by Gasteiger charge is 2.21. The first-order chi connectivity index (χ1) is 7.74. The maximum Gasteiger partial charge on any atom is 0.0334 e. The smallest absolute Gasteiger partial charge is 0.0334 e. The van der Waals surface area contributed by atoms with E-state index in [4.69, 9.17) is 0 Å². The number of hydrogen-bond acceptors (Lipinski definition) is 2. The summed E-state index contributed by atoms with van der Waals surface area (Å²) in [5, 5.41) is 3.64. The van der Waals surface area contributed by atoms with Crippen molar-refractivity contribution in [3.05, 3.63) is 28.8 Å². The number of aryl methyl sites for hydroxylation is 2. The molecule has 1 aromatic rings. The molecule has 1 atom stereocenters. The van der Waals surface area contributed by atoms with Crippen LogP contribution in [0.4, 0.5) is 0 Å². The van der Waals surface area contributed by atoms with Crippen LogP contribution in [-0.4, -0.2) is 12.3 Å². The van der Waals surface area contributed by atoms with E-state index in [1.807, 2.05) is 11.8 Å². The van der Waals surface area contributed by atoms with Crippen LogP contribution in [0, 0.1) is 13.8 Å². The molecule has 0 aromatic heterocycles. The van der Waals surface area contributed by atoms with Gasteiger partial charge in [-0.3, -0.25) is 0 Å². The molecule has 0 radical (unpaired) electrons. The van der Waals surface area contributed by atoms with Crippen molar-refractivity contribution in [2.45, 2.75) is 44.6 Å². The fraction of sp³-hybridized carbons (Fsp3) is 0.571. The minimum atomic E-state index is 0.565. The van der Waals surface area contributed by atoms with Crippen LogP contribution in [0.15, 0.2) is 17.0 Å². The van der Waals surface area contributed by atoms with Crippen molar-refractivity contribution >= 4 is 11.8 Å². The molecule has 0 fully saturated rings. The van der Waals surface area contributed by atoms with Crippen LogP contribution in [0.3, 0.4) is 0 Å². The zero-order valence-corrected chi connectivity index (χ0v) is 11.3. The van der Waals surface area contributed by atoms with E-state index in [0.717, 1.165) is 6.54 Å². The molecule has 0 spiro atoms. The van der Waals surface area contributed by atoms with Gasteiger partial charge < -0.3 is 5.32 Å². The molecule has 1 aliphatic rings. The van der Waals surface area contributed by atoms with Crippen molar-refractivity contribution in [2.75, 3.05) is 12.3 Å². The quantitative estimate of drug-likeness (QED) is 0.836. The van der Waals surface area contributed by atoms with Crippen molar-refractivity contribution in [2.24, 2.45) is 0 Å². The highest BCUT2D eigenvalue weighted by molar-refractivity contribution is 7.99. The van der Waals surface area contributed by atoms with E-state index in [0.29, 0.717) is 6.04 Å². The number of hydrogen-bond donors (Lipinski definition) is 1. The summed E-state index contributed by atoms with van der Waals surface area (Å²) in [4.78, 5) is 1.53. The number of benzene rings is 1. The predicted octanol–water partition coefficient (Wildman–Crippen LogP) is 3.84. The van der Waals surface area contributed by atoms with E-state index in [1.54, 1.807) is 5.56 Å². The van der Waals surface area contributed by atoms with Crippen molar-refractivity contribution in [3.8, 4) is 0 Å². The molecule has 1 N–H and O–H groups in total. The van der Waals surface area contributed by atoms with Gasteiger partial charge in [-0.25, -0.2) is 0 Å². The molecule has 1 aliphatic heterocycles. The molecule has 88 valence electrons. The van der Waals surface area contributed by atoms with Gasteiger partial charge in [0.2, 0.25) is 0 Å². The zero-order chi connectivity index (χ0) is 11.5. The summed E-state index contributed by atoms with van der Waals surface area (Å²) in [6.07, 6.45) is 2.59. The predicted molar refractivity (Wildman–Crippen MR) is 72.3 cm³/mol. The summed E-state index contributed by atoms with van der Waals surface area (Å²) in [6.45, 7) is 7.74. The molecule has 2 rings (SSSR count). The highest BCUT2D eigenvalue weighted by Crippen LogP contribution is 2.38. The Labute approximate surface area is 103 Å². The summed E-state index contributed by atoms with van der Waals surface area (Å²) in [7, 11) is 0. The molecule has 16 heavy (non-hydrogen) atoms. The lowest BCUT2D eigenvalue weighted by Gasteiger charge is -2.21. The maximum atomic E-state index is 3.64. The van der Waals surface area contributed by atoms with Gasteiger partial charge in [-0.15, -0.1) is 11.8 Å². The molecule has 1 unspecified atom stereocenters. The largest absolute Gasteiger partial charge is 0.310 e. The molecule has 1 aromatic carbocycles. The van der Waals surface area contributed by atoms with E-state index < -0.39 is 0 Å². The first kappa shape index (κ1) is 12.0. The number of rotatable bonds is 2. The third-order valence-corrected chi connectivity index (χ3v) is 4.62. The average Bonchev–Trinajstić information content (AvgIpc) is 2.48. The minimum Gasteiger partial charge on any atom is -0.310 e. The van der Waals surface area contributed by atoms with Gasteiger partial charge in [0.25, 0.3) is 0 Å². The van der Waals surface area contributed by atoms with Crippen LogP contribution < -0.4 is 5.32 Å². The van der Waals surface area contributed by atoms with E-state index in [2.05, 4.69) is 38.2 Å². The first-order valence-corrected chi connectivity index (χ1v) is 7.19. The fourth-order valence-electron chi connectivity index (χ4n) is 2.49. The topological polar surface area (TPSA) is 12.0 Å². The van der Waals surface area contributed by atoms with E-state index in [1.165, 1.54) is 34.6 Å². The molecule has 1 heterocycles. The Hall–Kier alpha value is -0.470. The molecule has 2 heteroatoms. The van der Waals surface area contributed by atoms with Crippen molar-refractivity contribution < 1.29 is 0 Å². The van der Waals surface area contributed by atoms with Crippen molar-refractivity contribution in [1.29, 1.82) is 0 Å². The Bertz CT molecular complexity index is 373. The van der Waals surface area contributed by atoms with E-state index >= 15 is 0 Å². The molecule has 0 saturated heterocycles. The van der Waals surface area contributed by atoms with Gasteiger partial charge in [-0.1, -0.05) is 19.1 Å². The van der Waals surface area contributed by atoms with Gasteiger partial charge in [0.1, 0.15) is 0 Å². The third kappa shape index (κ3) is 2.28. The Morgan fingerprint density at radius 2 is 2.06 bits per heavy atom. The lowest BCUT2D eigenvalue weighted by Crippen LogP contribution is -2.21. The second kappa shape index (κ2) is 5.24. The molecule has 0 amide bonds. The molecular formula is C14H21NS. The lowest BCUT2D eigenvalue weighted by molar-refractivity contribution is 0.506. The summed E-state index contributed by atoms with van der Waals surface area (Å²) < 4.78 is 0.